The highest BCUT2D eigenvalue weighted by Crippen LogP contribution is 2.37. The van der Waals surface area contributed by atoms with E-state index in [0.717, 1.165) is 12.1 Å². The number of alkyl halides is 3. The second-order valence-electron chi connectivity index (χ2n) is 4.80. The number of halogens is 3. The van der Waals surface area contributed by atoms with Crippen molar-refractivity contribution in [3.8, 4) is 35.0 Å². The van der Waals surface area contributed by atoms with Crippen molar-refractivity contribution in [1.29, 1.82) is 0 Å². The van der Waals surface area contributed by atoms with Crippen LogP contribution in [0.3, 0.4) is 0 Å². The maximum atomic E-state index is 13.0. The number of fused-ring (bicyclic) bond motifs is 1. The lowest BCUT2D eigenvalue weighted by molar-refractivity contribution is -0.137. The van der Waals surface area contributed by atoms with Crippen LogP contribution in [0.2, 0.25) is 0 Å². The van der Waals surface area contributed by atoms with Crippen LogP contribution < -0.4 is 9.47 Å². The molecule has 1 aliphatic rings. The maximum absolute atomic E-state index is 13.0. The van der Waals surface area contributed by atoms with E-state index in [1.807, 2.05) is 0 Å². The van der Waals surface area contributed by atoms with Gasteiger partial charge in [0.05, 0.1) is 5.56 Å². The SMILES string of the molecule is C#Cc1cc(-c2ccc3c(c2)OCCO3)cc(C(F)(F)F)c1. The third-order valence-electron chi connectivity index (χ3n) is 3.30. The first kappa shape index (κ1) is 14.3. The summed E-state index contributed by atoms with van der Waals surface area (Å²) < 4.78 is 49.7. The average Bonchev–Trinajstić information content (AvgIpc) is 2.53. The lowest BCUT2D eigenvalue weighted by atomic mass is 9.99. The third kappa shape index (κ3) is 2.73. The van der Waals surface area contributed by atoms with Crippen molar-refractivity contribution in [3.05, 3.63) is 47.5 Å². The predicted molar refractivity (Wildman–Crippen MR) is 75.8 cm³/mol. The molecular weight excluding hydrogens is 293 g/mol. The highest BCUT2D eigenvalue weighted by molar-refractivity contribution is 5.70. The smallest absolute Gasteiger partial charge is 0.416 e. The van der Waals surface area contributed by atoms with E-state index in [9.17, 15) is 13.2 Å². The predicted octanol–water partition coefficient (Wildman–Crippen LogP) is 4.12. The van der Waals surface area contributed by atoms with Crippen molar-refractivity contribution in [3.63, 3.8) is 0 Å². The van der Waals surface area contributed by atoms with Gasteiger partial charge in [0, 0.05) is 5.56 Å². The molecule has 0 spiro atoms. The van der Waals surface area contributed by atoms with Gasteiger partial charge in [-0.25, -0.2) is 0 Å². The minimum atomic E-state index is -4.45. The Morgan fingerprint density at radius 2 is 1.64 bits per heavy atom. The van der Waals surface area contributed by atoms with Gasteiger partial charge in [-0.05, 0) is 41.5 Å². The van der Waals surface area contributed by atoms with E-state index >= 15 is 0 Å². The minimum absolute atomic E-state index is 0.180. The van der Waals surface area contributed by atoms with Crippen LogP contribution in [0, 0.1) is 12.3 Å². The molecule has 0 bridgehead atoms. The van der Waals surface area contributed by atoms with Gasteiger partial charge >= 0.3 is 6.18 Å². The first-order chi connectivity index (χ1) is 10.5. The maximum Gasteiger partial charge on any atom is 0.416 e. The zero-order valence-electron chi connectivity index (χ0n) is 11.4. The van der Waals surface area contributed by atoms with E-state index < -0.39 is 11.7 Å². The number of ether oxygens (including phenoxy) is 2. The van der Waals surface area contributed by atoms with Crippen molar-refractivity contribution in [1.82, 2.24) is 0 Å². The fraction of sp³-hybridized carbons (Fsp3) is 0.176. The summed E-state index contributed by atoms with van der Waals surface area (Å²) in [5.74, 6) is 3.36. The molecule has 112 valence electrons. The molecule has 0 radical (unpaired) electrons. The molecular formula is C17H11F3O2. The molecule has 1 aliphatic heterocycles. The summed E-state index contributed by atoms with van der Waals surface area (Å²) in [7, 11) is 0. The van der Waals surface area contributed by atoms with E-state index in [4.69, 9.17) is 15.9 Å². The van der Waals surface area contributed by atoms with Crippen LogP contribution in [0.1, 0.15) is 11.1 Å². The summed E-state index contributed by atoms with van der Waals surface area (Å²) in [6.45, 7) is 0.867. The molecule has 0 saturated heterocycles. The highest BCUT2D eigenvalue weighted by atomic mass is 19.4. The Balaban J connectivity index is 2.10. The fourth-order valence-electron chi connectivity index (χ4n) is 2.26. The highest BCUT2D eigenvalue weighted by Gasteiger charge is 2.31. The summed E-state index contributed by atoms with van der Waals surface area (Å²) in [6.07, 6.45) is 0.809. The Hall–Kier alpha value is -2.61. The summed E-state index contributed by atoms with van der Waals surface area (Å²) in [5.41, 5.74) is 0.388. The Labute approximate surface area is 125 Å². The van der Waals surface area contributed by atoms with Crippen LogP contribution in [0.25, 0.3) is 11.1 Å². The summed E-state index contributed by atoms with van der Waals surface area (Å²) in [4.78, 5) is 0. The third-order valence-corrected chi connectivity index (χ3v) is 3.30. The molecule has 0 aliphatic carbocycles. The molecule has 0 unspecified atom stereocenters. The van der Waals surface area contributed by atoms with Crippen LogP contribution in [-0.4, -0.2) is 13.2 Å². The lowest BCUT2D eigenvalue weighted by Gasteiger charge is -2.19. The minimum Gasteiger partial charge on any atom is -0.486 e. The molecule has 3 rings (SSSR count). The zero-order chi connectivity index (χ0) is 15.7. The largest absolute Gasteiger partial charge is 0.486 e. The molecule has 0 atom stereocenters. The van der Waals surface area contributed by atoms with Gasteiger partial charge in [-0.15, -0.1) is 6.42 Å². The van der Waals surface area contributed by atoms with Gasteiger partial charge in [-0.2, -0.15) is 13.2 Å². The molecule has 2 nitrogen and oxygen atoms in total. The van der Waals surface area contributed by atoms with Crippen LogP contribution in [0.15, 0.2) is 36.4 Å². The van der Waals surface area contributed by atoms with Crippen molar-refractivity contribution in [2.75, 3.05) is 13.2 Å². The second-order valence-corrected chi connectivity index (χ2v) is 4.80. The van der Waals surface area contributed by atoms with Gasteiger partial charge in [0.15, 0.2) is 11.5 Å². The fourth-order valence-corrected chi connectivity index (χ4v) is 2.26. The van der Waals surface area contributed by atoms with Crippen LogP contribution in [-0.2, 0) is 6.18 Å². The van der Waals surface area contributed by atoms with Gasteiger partial charge in [-0.3, -0.25) is 0 Å². The summed E-state index contributed by atoms with van der Waals surface area (Å²) >= 11 is 0. The monoisotopic (exact) mass is 304 g/mol. The molecule has 0 saturated carbocycles. The van der Waals surface area contributed by atoms with E-state index in [1.54, 1.807) is 24.3 Å². The lowest BCUT2D eigenvalue weighted by Crippen LogP contribution is -2.15. The van der Waals surface area contributed by atoms with Gasteiger partial charge in [0.2, 0.25) is 0 Å². The Kier molecular flexibility index (Phi) is 3.45. The molecule has 2 aromatic carbocycles. The van der Waals surface area contributed by atoms with Crippen molar-refractivity contribution >= 4 is 0 Å². The topological polar surface area (TPSA) is 18.5 Å². The number of hydrogen-bond donors (Lipinski definition) is 0. The number of terminal acetylenes is 1. The summed E-state index contributed by atoms with van der Waals surface area (Å²) in [5, 5.41) is 0. The number of rotatable bonds is 1. The Morgan fingerprint density at radius 1 is 0.909 bits per heavy atom. The Bertz CT molecular complexity index is 757. The number of benzene rings is 2. The van der Waals surface area contributed by atoms with Crippen LogP contribution in [0.5, 0.6) is 11.5 Å². The number of hydrogen-bond acceptors (Lipinski definition) is 2. The molecule has 0 N–H and O–H groups in total. The van der Waals surface area contributed by atoms with Gasteiger partial charge in [0.25, 0.3) is 0 Å². The van der Waals surface area contributed by atoms with Crippen molar-refractivity contribution < 1.29 is 22.6 Å². The van der Waals surface area contributed by atoms with Crippen molar-refractivity contribution in [2.45, 2.75) is 6.18 Å². The quantitative estimate of drug-likeness (QED) is 0.738. The van der Waals surface area contributed by atoms with Gasteiger partial charge in [0.1, 0.15) is 13.2 Å². The molecule has 0 aromatic heterocycles. The molecule has 22 heavy (non-hydrogen) atoms. The van der Waals surface area contributed by atoms with Gasteiger partial charge in [-0.1, -0.05) is 12.0 Å². The second kappa shape index (κ2) is 5.30. The molecule has 0 fully saturated rings. The van der Waals surface area contributed by atoms with Crippen molar-refractivity contribution in [2.24, 2.45) is 0 Å². The first-order valence-corrected chi connectivity index (χ1v) is 6.56. The van der Waals surface area contributed by atoms with E-state index in [1.165, 1.54) is 0 Å². The van der Waals surface area contributed by atoms with Gasteiger partial charge < -0.3 is 9.47 Å². The molecule has 0 amide bonds. The normalized spacial score (nSPS) is 13.5. The average molecular weight is 304 g/mol. The van der Waals surface area contributed by atoms with E-state index in [-0.39, 0.29) is 5.56 Å². The molecule has 2 aromatic rings. The van der Waals surface area contributed by atoms with Crippen LogP contribution >= 0.6 is 0 Å². The standard InChI is InChI=1S/C17H11F3O2/c1-2-11-7-13(9-14(8-11)17(18,19)20)12-3-4-15-16(10-12)22-6-5-21-15/h1,3-4,7-10H,5-6H2. The van der Waals surface area contributed by atoms with Crippen LogP contribution in [0.4, 0.5) is 13.2 Å². The van der Waals surface area contributed by atoms with E-state index in [0.29, 0.717) is 35.8 Å². The molecule has 1 heterocycles. The van der Waals surface area contributed by atoms with E-state index in [2.05, 4.69) is 5.92 Å². The summed E-state index contributed by atoms with van der Waals surface area (Å²) in [6, 6.07) is 8.60. The Morgan fingerprint density at radius 3 is 2.32 bits per heavy atom. The zero-order valence-corrected chi connectivity index (χ0v) is 11.4. The first-order valence-electron chi connectivity index (χ1n) is 6.56. The molecule has 5 heteroatoms.